The van der Waals surface area contributed by atoms with Crippen molar-refractivity contribution in [2.24, 2.45) is 5.92 Å². The highest BCUT2D eigenvalue weighted by Gasteiger charge is 2.31. The van der Waals surface area contributed by atoms with Gasteiger partial charge in [-0.05, 0) is 49.9 Å². The molecule has 3 aromatic rings. The third kappa shape index (κ3) is 4.57. The van der Waals surface area contributed by atoms with E-state index in [0.29, 0.717) is 37.4 Å². The maximum Gasteiger partial charge on any atom is 0.243 e. The quantitative estimate of drug-likeness (QED) is 0.539. The average Bonchev–Trinajstić information content (AvgIpc) is 3.22. The van der Waals surface area contributed by atoms with Crippen molar-refractivity contribution in [1.82, 2.24) is 14.4 Å². The second-order valence-corrected chi connectivity index (χ2v) is 9.59. The van der Waals surface area contributed by atoms with E-state index in [1.165, 1.54) is 29.4 Å². The molecule has 0 unspecified atom stereocenters. The van der Waals surface area contributed by atoms with Crippen LogP contribution in [0.1, 0.15) is 36.0 Å². The van der Waals surface area contributed by atoms with E-state index in [4.69, 9.17) is 4.52 Å². The summed E-state index contributed by atoms with van der Waals surface area (Å²) in [5, 5.41) is 3.86. The summed E-state index contributed by atoms with van der Waals surface area (Å²) in [6.07, 6.45) is 1.92. The van der Waals surface area contributed by atoms with E-state index in [1.807, 2.05) is 0 Å². The molecule has 2 aromatic carbocycles. The van der Waals surface area contributed by atoms with Gasteiger partial charge < -0.3 is 4.52 Å². The van der Waals surface area contributed by atoms with Gasteiger partial charge in [-0.25, -0.2) is 12.8 Å². The van der Waals surface area contributed by atoms with E-state index in [9.17, 15) is 17.6 Å². The highest BCUT2D eigenvalue weighted by Crippen LogP contribution is 2.27. The number of piperidine rings is 1. The van der Waals surface area contributed by atoms with E-state index in [1.54, 1.807) is 30.3 Å². The van der Waals surface area contributed by atoms with Gasteiger partial charge in [-0.2, -0.15) is 9.29 Å². The summed E-state index contributed by atoms with van der Waals surface area (Å²) < 4.78 is 46.9. The van der Waals surface area contributed by atoms with Crippen LogP contribution in [0.25, 0.3) is 11.4 Å². The van der Waals surface area contributed by atoms with Crippen LogP contribution in [0.2, 0.25) is 0 Å². The van der Waals surface area contributed by atoms with Crippen molar-refractivity contribution in [2.75, 3.05) is 13.1 Å². The normalized spacial score (nSPS) is 17.5. The van der Waals surface area contributed by atoms with Crippen LogP contribution in [0.5, 0.6) is 0 Å². The molecule has 4 rings (SSSR count). The molecule has 1 aliphatic rings. The van der Waals surface area contributed by atoms with Gasteiger partial charge in [0.1, 0.15) is 5.82 Å². The zero-order chi connectivity index (χ0) is 22.0. The summed E-state index contributed by atoms with van der Waals surface area (Å²) in [5.74, 6) is -0.0999. The first-order chi connectivity index (χ1) is 14.8. The summed E-state index contributed by atoms with van der Waals surface area (Å²) in [6.45, 7) is 2.13. The SMILES string of the molecule is CC(=O)c1cccc(S(=O)(=O)N2CCC[C@@H](Cc3nc(-c4ccccc4F)no3)C2)c1. The summed E-state index contributed by atoms with van der Waals surface area (Å²) >= 11 is 0. The van der Waals surface area contributed by atoms with Crippen LogP contribution in [-0.2, 0) is 16.4 Å². The van der Waals surface area contributed by atoms with E-state index < -0.39 is 15.8 Å². The lowest BCUT2D eigenvalue weighted by molar-refractivity contribution is 0.101. The molecular weight excluding hydrogens is 421 g/mol. The fraction of sp³-hybridized carbons (Fsp3) is 0.318. The number of hydrogen-bond donors (Lipinski definition) is 0. The molecule has 0 radical (unpaired) electrons. The first-order valence-electron chi connectivity index (χ1n) is 10.0. The first kappa shape index (κ1) is 21.3. The number of rotatable bonds is 6. The highest BCUT2D eigenvalue weighted by molar-refractivity contribution is 7.89. The van der Waals surface area contributed by atoms with Gasteiger partial charge in [-0.1, -0.05) is 29.4 Å². The maximum atomic E-state index is 13.9. The van der Waals surface area contributed by atoms with Gasteiger partial charge in [-0.15, -0.1) is 0 Å². The van der Waals surface area contributed by atoms with Gasteiger partial charge >= 0.3 is 0 Å². The molecule has 0 aliphatic carbocycles. The summed E-state index contributed by atoms with van der Waals surface area (Å²) in [6, 6.07) is 12.3. The number of aromatic nitrogens is 2. The number of nitrogens with zero attached hydrogens (tertiary/aromatic N) is 3. The van der Waals surface area contributed by atoms with Gasteiger partial charge in [0.05, 0.1) is 10.5 Å². The van der Waals surface area contributed by atoms with Gasteiger partial charge in [-0.3, -0.25) is 4.79 Å². The zero-order valence-corrected chi connectivity index (χ0v) is 17.8. The lowest BCUT2D eigenvalue weighted by Gasteiger charge is -2.31. The fourth-order valence-electron chi connectivity index (χ4n) is 3.77. The van der Waals surface area contributed by atoms with Crippen molar-refractivity contribution >= 4 is 15.8 Å². The number of carbonyl (C=O) groups excluding carboxylic acids is 1. The van der Waals surface area contributed by atoms with Gasteiger partial charge in [0, 0.05) is 25.1 Å². The van der Waals surface area contributed by atoms with Crippen LogP contribution in [0.3, 0.4) is 0 Å². The van der Waals surface area contributed by atoms with Crippen LogP contribution >= 0.6 is 0 Å². The Morgan fingerprint density at radius 2 is 2.03 bits per heavy atom. The van der Waals surface area contributed by atoms with Gasteiger partial charge in [0.25, 0.3) is 0 Å². The molecule has 7 nitrogen and oxygen atoms in total. The number of halogens is 1. The van der Waals surface area contributed by atoms with E-state index in [2.05, 4.69) is 10.1 Å². The third-order valence-electron chi connectivity index (χ3n) is 5.41. The number of hydrogen-bond acceptors (Lipinski definition) is 6. The van der Waals surface area contributed by atoms with E-state index in [-0.39, 0.29) is 28.0 Å². The smallest absolute Gasteiger partial charge is 0.243 e. The summed E-state index contributed by atoms with van der Waals surface area (Å²) in [4.78, 5) is 16.0. The molecule has 0 amide bonds. The Bertz CT molecular complexity index is 1210. The summed E-state index contributed by atoms with van der Waals surface area (Å²) in [5.41, 5.74) is 0.622. The predicted molar refractivity (Wildman–Crippen MR) is 111 cm³/mol. The highest BCUT2D eigenvalue weighted by atomic mass is 32.2. The predicted octanol–water partition coefficient (Wildman–Crippen LogP) is 3.72. The van der Waals surface area contributed by atoms with Crippen LogP contribution in [0.4, 0.5) is 4.39 Å². The monoisotopic (exact) mass is 443 g/mol. The molecule has 0 spiro atoms. The molecule has 162 valence electrons. The standard InChI is InChI=1S/C22H22FN3O4S/c1-15(27)17-7-4-8-18(13-17)31(28,29)26-11-5-6-16(14-26)12-21-24-22(25-30-21)19-9-2-3-10-20(19)23/h2-4,7-10,13,16H,5-6,11-12,14H2,1H3/t16-/m0/s1. The molecule has 1 aliphatic heterocycles. The molecule has 1 fully saturated rings. The zero-order valence-electron chi connectivity index (χ0n) is 17.0. The van der Waals surface area contributed by atoms with Crippen LogP contribution in [0, 0.1) is 11.7 Å². The molecule has 0 saturated carbocycles. The minimum absolute atomic E-state index is 0.00608. The molecular formula is C22H22FN3O4S. The Morgan fingerprint density at radius 1 is 1.23 bits per heavy atom. The molecule has 1 aromatic heterocycles. The van der Waals surface area contributed by atoms with Crippen molar-refractivity contribution in [3.05, 3.63) is 65.8 Å². The van der Waals surface area contributed by atoms with Crippen molar-refractivity contribution in [3.63, 3.8) is 0 Å². The van der Waals surface area contributed by atoms with Crippen molar-refractivity contribution in [2.45, 2.75) is 31.1 Å². The topological polar surface area (TPSA) is 93.4 Å². The second-order valence-electron chi connectivity index (χ2n) is 7.65. The lowest BCUT2D eigenvalue weighted by atomic mass is 9.96. The molecule has 2 heterocycles. The van der Waals surface area contributed by atoms with Gasteiger partial charge in [0.15, 0.2) is 5.78 Å². The number of sulfonamides is 1. The van der Waals surface area contributed by atoms with E-state index in [0.717, 1.165) is 6.42 Å². The van der Waals surface area contributed by atoms with Crippen LogP contribution < -0.4 is 0 Å². The Balaban J connectivity index is 1.49. The number of Topliss-reactive ketones (excluding diaryl/α,β-unsaturated/α-hetero) is 1. The van der Waals surface area contributed by atoms with Crippen LogP contribution in [-0.4, -0.2) is 41.7 Å². The lowest BCUT2D eigenvalue weighted by Crippen LogP contribution is -2.40. The Labute approximate surface area is 179 Å². The van der Waals surface area contributed by atoms with Crippen molar-refractivity contribution in [3.8, 4) is 11.4 Å². The Hall–Kier alpha value is -2.91. The molecule has 0 bridgehead atoms. The number of benzene rings is 2. The molecule has 9 heteroatoms. The maximum absolute atomic E-state index is 13.9. The van der Waals surface area contributed by atoms with Crippen LogP contribution in [0.15, 0.2) is 57.9 Å². The second kappa shape index (κ2) is 8.68. The first-order valence-corrected chi connectivity index (χ1v) is 11.5. The van der Waals surface area contributed by atoms with Gasteiger partial charge in [0.2, 0.25) is 21.7 Å². The van der Waals surface area contributed by atoms with Crippen molar-refractivity contribution in [1.29, 1.82) is 0 Å². The van der Waals surface area contributed by atoms with E-state index >= 15 is 0 Å². The largest absolute Gasteiger partial charge is 0.339 e. The fourth-order valence-corrected chi connectivity index (χ4v) is 5.37. The number of carbonyl (C=O) groups is 1. The molecule has 1 atom stereocenters. The summed E-state index contributed by atoms with van der Waals surface area (Å²) in [7, 11) is -3.72. The minimum atomic E-state index is -3.72. The molecule has 31 heavy (non-hydrogen) atoms. The average molecular weight is 444 g/mol. The minimum Gasteiger partial charge on any atom is -0.339 e. The van der Waals surface area contributed by atoms with Crippen molar-refractivity contribution < 1.29 is 22.1 Å². The molecule has 1 saturated heterocycles. The Morgan fingerprint density at radius 3 is 2.81 bits per heavy atom. The number of ketones is 1. The third-order valence-corrected chi connectivity index (χ3v) is 7.27. The molecule has 0 N–H and O–H groups in total. The Kier molecular flexibility index (Phi) is 5.97.